The third-order valence-electron chi connectivity index (χ3n) is 6.93. The van der Waals surface area contributed by atoms with E-state index >= 15 is 0 Å². The Kier molecular flexibility index (Phi) is 7.73. The Labute approximate surface area is 211 Å². The molecule has 0 unspecified atom stereocenters. The lowest BCUT2D eigenvalue weighted by Crippen LogP contribution is -2.54. The Morgan fingerprint density at radius 3 is 2.50 bits per heavy atom. The van der Waals surface area contributed by atoms with Crippen LogP contribution in [0, 0.1) is 17.2 Å². The molecule has 3 N–H and O–H groups in total. The number of amides is 2. The SMILES string of the molecule is CC(C)(C)[C@H](NC(=O)c1nn(Cc2ccc(F)cc2)c2ccccc12)C(=O)NC[C@H]1CCCC[C@@H]1O. The third-order valence-corrected chi connectivity index (χ3v) is 6.93. The quantitative estimate of drug-likeness (QED) is 0.462. The number of hydrogen-bond donors (Lipinski definition) is 3. The van der Waals surface area contributed by atoms with Gasteiger partial charge in [0.1, 0.15) is 11.9 Å². The monoisotopic (exact) mass is 494 g/mol. The van der Waals surface area contributed by atoms with E-state index in [9.17, 15) is 19.1 Å². The second kappa shape index (κ2) is 10.8. The van der Waals surface area contributed by atoms with Gasteiger partial charge >= 0.3 is 0 Å². The molecular formula is C28H35FN4O3. The summed E-state index contributed by atoms with van der Waals surface area (Å²) in [6, 6.07) is 12.8. The van der Waals surface area contributed by atoms with Crippen LogP contribution in [0.25, 0.3) is 10.9 Å². The summed E-state index contributed by atoms with van der Waals surface area (Å²) < 4.78 is 15.0. The van der Waals surface area contributed by atoms with Gasteiger partial charge in [-0.15, -0.1) is 0 Å². The number of para-hydroxylation sites is 1. The molecular weight excluding hydrogens is 459 g/mol. The average molecular weight is 495 g/mol. The van der Waals surface area contributed by atoms with Crippen LogP contribution in [-0.4, -0.2) is 45.4 Å². The highest BCUT2D eigenvalue weighted by atomic mass is 19.1. The van der Waals surface area contributed by atoms with Crippen molar-refractivity contribution in [3.63, 3.8) is 0 Å². The molecule has 36 heavy (non-hydrogen) atoms. The summed E-state index contributed by atoms with van der Waals surface area (Å²) in [4.78, 5) is 26.6. The molecule has 7 nitrogen and oxygen atoms in total. The minimum Gasteiger partial charge on any atom is -0.393 e. The van der Waals surface area contributed by atoms with Gasteiger partial charge in [-0.05, 0) is 42.0 Å². The van der Waals surface area contributed by atoms with E-state index < -0.39 is 23.5 Å². The first-order valence-corrected chi connectivity index (χ1v) is 12.6. The molecule has 0 bridgehead atoms. The summed E-state index contributed by atoms with van der Waals surface area (Å²) in [5.41, 5.74) is 1.32. The maximum Gasteiger partial charge on any atom is 0.273 e. The fourth-order valence-electron chi connectivity index (χ4n) is 4.81. The fourth-order valence-corrected chi connectivity index (χ4v) is 4.81. The molecule has 1 aromatic heterocycles. The van der Waals surface area contributed by atoms with Gasteiger partial charge in [-0.1, -0.05) is 63.9 Å². The summed E-state index contributed by atoms with van der Waals surface area (Å²) in [5, 5.41) is 21.4. The van der Waals surface area contributed by atoms with E-state index in [0.717, 1.165) is 36.8 Å². The Bertz CT molecular complexity index is 1220. The highest BCUT2D eigenvalue weighted by Gasteiger charge is 2.35. The fraction of sp³-hybridized carbons (Fsp3) is 0.464. The first-order chi connectivity index (χ1) is 17.1. The van der Waals surface area contributed by atoms with E-state index in [1.165, 1.54) is 12.1 Å². The van der Waals surface area contributed by atoms with Crippen molar-refractivity contribution < 1.29 is 19.1 Å². The standard InChI is InChI=1S/C28H35FN4O3/c1-28(2,3)25(27(36)30-16-19-8-4-7-11-23(19)34)31-26(35)24-21-9-5-6-10-22(21)33(32-24)17-18-12-14-20(29)15-13-18/h5-6,9-10,12-15,19,23,25,34H,4,7-8,11,16-17H2,1-3H3,(H,30,36)(H,31,35)/t19-,23+,25-/m1/s1. The van der Waals surface area contributed by atoms with Gasteiger partial charge in [0.2, 0.25) is 5.91 Å². The van der Waals surface area contributed by atoms with Crippen molar-refractivity contribution >= 4 is 22.7 Å². The number of aliphatic hydroxyl groups excluding tert-OH is 1. The molecule has 0 radical (unpaired) electrons. The van der Waals surface area contributed by atoms with Crippen LogP contribution in [-0.2, 0) is 11.3 Å². The molecule has 3 aromatic rings. The van der Waals surface area contributed by atoms with Gasteiger partial charge in [0.15, 0.2) is 5.69 Å². The Morgan fingerprint density at radius 2 is 1.81 bits per heavy atom. The van der Waals surface area contributed by atoms with Gasteiger partial charge in [-0.2, -0.15) is 5.10 Å². The normalized spacial score (nSPS) is 19.1. The van der Waals surface area contributed by atoms with Crippen LogP contribution < -0.4 is 10.6 Å². The molecule has 0 aliphatic heterocycles. The van der Waals surface area contributed by atoms with Crippen molar-refractivity contribution in [2.75, 3.05) is 6.54 Å². The average Bonchev–Trinajstić information content (AvgIpc) is 3.21. The van der Waals surface area contributed by atoms with Crippen LogP contribution in [0.15, 0.2) is 48.5 Å². The smallest absolute Gasteiger partial charge is 0.273 e. The molecule has 1 fully saturated rings. The summed E-state index contributed by atoms with van der Waals surface area (Å²) in [6.07, 6.45) is 3.29. The summed E-state index contributed by atoms with van der Waals surface area (Å²) in [5.74, 6) is -0.987. The molecule has 192 valence electrons. The van der Waals surface area contributed by atoms with E-state index in [2.05, 4.69) is 15.7 Å². The van der Waals surface area contributed by atoms with Crippen molar-refractivity contribution in [1.82, 2.24) is 20.4 Å². The summed E-state index contributed by atoms with van der Waals surface area (Å²) in [6.45, 7) is 6.47. The molecule has 1 saturated carbocycles. The number of benzene rings is 2. The van der Waals surface area contributed by atoms with Gasteiger partial charge in [-0.25, -0.2) is 4.39 Å². The van der Waals surface area contributed by atoms with Gasteiger partial charge < -0.3 is 15.7 Å². The van der Waals surface area contributed by atoms with Crippen LogP contribution in [0.3, 0.4) is 0 Å². The number of rotatable bonds is 7. The van der Waals surface area contributed by atoms with E-state index in [0.29, 0.717) is 18.5 Å². The molecule has 4 rings (SSSR count). The van der Waals surface area contributed by atoms with Gasteiger partial charge in [0.25, 0.3) is 5.91 Å². The van der Waals surface area contributed by atoms with Crippen molar-refractivity contribution in [3.8, 4) is 0 Å². The van der Waals surface area contributed by atoms with Crippen LogP contribution in [0.1, 0.15) is 62.5 Å². The number of nitrogens with one attached hydrogen (secondary N) is 2. The number of aliphatic hydroxyl groups is 1. The summed E-state index contributed by atoms with van der Waals surface area (Å²) >= 11 is 0. The molecule has 2 amide bonds. The zero-order valence-electron chi connectivity index (χ0n) is 21.1. The number of carbonyl (C=O) groups is 2. The van der Waals surface area contributed by atoms with Crippen molar-refractivity contribution in [3.05, 3.63) is 65.6 Å². The molecule has 1 aliphatic rings. The Balaban J connectivity index is 1.53. The summed E-state index contributed by atoms with van der Waals surface area (Å²) in [7, 11) is 0. The molecule has 0 saturated heterocycles. The second-order valence-electron chi connectivity index (χ2n) is 10.8. The van der Waals surface area contributed by atoms with E-state index in [1.54, 1.807) is 16.8 Å². The van der Waals surface area contributed by atoms with Crippen molar-refractivity contribution in [2.45, 2.75) is 65.1 Å². The lowest BCUT2D eigenvalue weighted by atomic mass is 9.84. The highest BCUT2D eigenvalue weighted by Crippen LogP contribution is 2.25. The highest BCUT2D eigenvalue weighted by molar-refractivity contribution is 6.06. The molecule has 3 atom stereocenters. The lowest BCUT2D eigenvalue weighted by molar-refractivity contribution is -0.125. The predicted molar refractivity (Wildman–Crippen MR) is 137 cm³/mol. The lowest BCUT2D eigenvalue weighted by Gasteiger charge is -2.32. The molecule has 2 aromatic carbocycles. The number of nitrogens with zero attached hydrogens (tertiary/aromatic N) is 2. The number of fused-ring (bicyclic) bond motifs is 1. The first kappa shape index (κ1) is 25.8. The zero-order chi connectivity index (χ0) is 25.9. The van der Waals surface area contributed by atoms with Crippen molar-refractivity contribution in [1.29, 1.82) is 0 Å². The minimum absolute atomic E-state index is 0.0325. The van der Waals surface area contributed by atoms with Crippen LogP contribution in [0.5, 0.6) is 0 Å². The van der Waals surface area contributed by atoms with Crippen LogP contribution >= 0.6 is 0 Å². The zero-order valence-corrected chi connectivity index (χ0v) is 21.1. The number of hydrogen-bond acceptors (Lipinski definition) is 4. The maximum absolute atomic E-state index is 13.4. The van der Waals surface area contributed by atoms with E-state index in [-0.39, 0.29) is 23.3 Å². The minimum atomic E-state index is -0.785. The second-order valence-corrected chi connectivity index (χ2v) is 10.8. The van der Waals surface area contributed by atoms with Crippen LogP contribution in [0.2, 0.25) is 0 Å². The predicted octanol–water partition coefficient (Wildman–Crippen LogP) is 4.04. The Morgan fingerprint density at radius 1 is 1.11 bits per heavy atom. The van der Waals surface area contributed by atoms with Gasteiger partial charge in [-0.3, -0.25) is 14.3 Å². The Hall–Kier alpha value is -3.26. The molecule has 0 spiro atoms. The van der Waals surface area contributed by atoms with E-state index in [1.807, 2.05) is 45.0 Å². The molecule has 1 heterocycles. The van der Waals surface area contributed by atoms with E-state index in [4.69, 9.17) is 0 Å². The van der Waals surface area contributed by atoms with Gasteiger partial charge in [0, 0.05) is 17.8 Å². The molecule has 8 heteroatoms. The van der Waals surface area contributed by atoms with Gasteiger partial charge in [0.05, 0.1) is 18.2 Å². The number of aromatic nitrogens is 2. The first-order valence-electron chi connectivity index (χ1n) is 12.6. The third kappa shape index (κ3) is 5.93. The maximum atomic E-state index is 13.4. The van der Waals surface area contributed by atoms with Crippen LogP contribution in [0.4, 0.5) is 4.39 Å². The number of halogens is 1. The topological polar surface area (TPSA) is 96.2 Å². The van der Waals surface area contributed by atoms with Crippen molar-refractivity contribution in [2.24, 2.45) is 11.3 Å². The molecule has 1 aliphatic carbocycles. The largest absolute Gasteiger partial charge is 0.393 e. The number of carbonyl (C=O) groups excluding carboxylic acids is 2.